The molecule has 0 aromatic carbocycles. The van der Waals surface area contributed by atoms with Crippen molar-refractivity contribution in [3.05, 3.63) is 24.0 Å². The molecule has 6 heteroatoms. The van der Waals surface area contributed by atoms with Crippen LogP contribution < -0.4 is 11.1 Å². The third kappa shape index (κ3) is 6.12. The maximum atomic E-state index is 11.7. The van der Waals surface area contributed by atoms with Gasteiger partial charge in [0, 0.05) is 17.0 Å². The number of anilines is 1. The number of hydrogen-bond acceptors (Lipinski definition) is 4. The number of nitrogens with zero attached hydrogens (tertiary/aromatic N) is 1. The fourth-order valence-corrected chi connectivity index (χ4v) is 1.37. The lowest BCUT2D eigenvalue weighted by atomic mass is 10.2. The predicted octanol–water partition coefficient (Wildman–Crippen LogP) is 1.89. The Kier molecular flexibility index (Phi) is 7.09. The summed E-state index contributed by atoms with van der Waals surface area (Å²) in [5.74, 6) is -0.00982. The Morgan fingerprint density at radius 1 is 1.50 bits per heavy atom. The lowest BCUT2D eigenvalue weighted by Gasteiger charge is -2.22. The summed E-state index contributed by atoms with van der Waals surface area (Å²) in [5, 5.41) is 2.91. The van der Waals surface area contributed by atoms with Crippen molar-refractivity contribution in [3.8, 4) is 0 Å². The maximum Gasteiger partial charge on any atom is 0.226 e. The van der Waals surface area contributed by atoms with Crippen molar-refractivity contribution in [2.45, 2.75) is 25.0 Å². The van der Waals surface area contributed by atoms with Gasteiger partial charge in [0.25, 0.3) is 0 Å². The summed E-state index contributed by atoms with van der Waals surface area (Å²) in [6.45, 7) is 4.85. The van der Waals surface area contributed by atoms with E-state index in [2.05, 4.69) is 24.1 Å². The minimum absolute atomic E-state index is 0. The van der Waals surface area contributed by atoms with Crippen LogP contribution in [0.15, 0.2) is 18.3 Å². The van der Waals surface area contributed by atoms with Crippen LogP contribution in [0.1, 0.15) is 19.5 Å². The first-order chi connectivity index (χ1) is 7.93. The Bertz CT molecular complexity index is 381. The second-order valence-electron chi connectivity index (χ2n) is 4.50. The predicted molar refractivity (Wildman–Crippen MR) is 80.2 cm³/mol. The van der Waals surface area contributed by atoms with Crippen LogP contribution in [0.4, 0.5) is 5.69 Å². The van der Waals surface area contributed by atoms with Crippen LogP contribution >= 0.6 is 24.2 Å². The molecule has 0 fully saturated rings. The van der Waals surface area contributed by atoms with Gasteiger partial charge in [0.05, 0.1) is 18.3 Å². The van der Waals surface area contributed by atoms with E-state index in [0.717, 1.165) is 5.69 Å². The first-order valence-electron chi connectivity index (χ1n) is 5.45. The highest BCUT2D eigenvalue weighted by Gasteiger charge is 2.16. The molecule has 0 aliphatic carbocycles. The first-order valence-corrected chi connectivity index (χ1v) is 6.68. The third-order valence-corrected chi connectivity index (χ3v) is 3.70. The van der Waals surface area contributed by atoms with Gasteiger partial charge in [0.1, 0.15) is 0 Å². The van der Waals surface area contributed by atoms with Gasteiger partial charge in [-0.05, 0) is 32.2 Å². The Labute approximate surface area is 119 Å². The molecular weight excluding hydrogens is 270 g/mol. The highest BCUT2D eigenvalue weighted by atomic mass is 35.5. The summed E-state index contributed by atoms with van der Waals surface area (Å²) in [6, 6.07) is 3.52. The Balaban J connectivity index is 0.00000289. The molecule has 0 bridgehead atoms. The molecule has 1 aromatic heterocycles. The summed E-state index contributed by atoms with van der Waals surface area (Å²) in [6.07, 6.45) is 3.90. The van der Waals surface area contributed by atoms with E-state index in [1.807, 2.05) is 6.26 Å². The molecule has 0 unspecified atom stereocenters. The Morgan fingerprint density at radius 2 is 2.17 bits per heavy atom. The van der Waals surface area contributed by atoms with Gasteiger partial charge in [0.15, 0.2) is 0 Å². The smallest absolute Gasteiger partial charge is 0.226 e. The SMILES string of the molecule is CSC(C)(C)CNC(=O)Cc1ccc(N)cn1.Cl. The quantitative estimate of drug-likeness (QED) is 0.868. The van der Waals surface area contributed by atoms with Crippen molar-refractivity contribution in [2.24, 2.45) is 0 Å². The van der Waals surface area contributed by atoms with E-state index in [-0.39, 0.29) is 23.1 Å². The fraction of sp³-hybridized carbons (Fsp3) is 0.500. The van der Waals surface area contributed by atoms with Crippen LogP contribution in [0, 0.1) is 0 Å². The van der Waals surface area contributed by atoms with E-state index in [1.54, 1.807) is 30.1 Å². The normalized spacial score (nSPS) is 10.6. The summed E-state index contributed by atoms with van der Waals surface area (Å²) < 4.78 is 0.0597. The zero-order valence-electron chi connectivity index (χ0n) is 10.9. The summed E-state index contributed by atoms with van der Waals surface area (Å²) >= 11 is 1.73. The monoisotopic (exact) mass is 289 g/mol. The van der Waals surface area contributed by atoms with Gasteiger partial charge in [0.2, 0.25) is 5.91 Å². The molecule has 18 heavy (non-hydrogen) atoms. The van der Waals surface area contributed by atoms with Crippen LogP contribution in [-0.2, 0) is 11.2 Å². The molecular formula is C12H20ClN3OS. The largest absolute Gasteiger partial charge is 0.397 e. The van der Waals surface area contributed by atoms with Crippen molar-refractivity contribution in [1.29, 1.82) is 0 Å². The molecule has 0 aliphatic rings. The van der Waals surface area contributed by atoms with E-state index >= 15 is 0 Å². The fourth-order valence-electron chi connectivity index (χ4n) is 1.15. The number of carbonyl (C=O) groups excluding carboxylic acids is 1. The number of hydrogen-bond donors (Lipinski definition) is 2. The Morgan fingerprint density at radius 3 is 2.67 bits per heavy atom. The van der Waals surface area contributed by atoms with Gasteiger partial charge in [-0.25, -0.2) is 0 Å². The molecule has 0 spiro atoms. The number of nitrogens with one attached hydrogen (secondary N) is 1. The topological polar surface area (TPSA) is 68.0 Å². The molecule has 1 amide bonds. The zero-order valence-corrected chi connectivity index (χ0v) is 12.5. The standard InChI is InChI=1S/C12H19N3OS.ClH/c1-12(2,17-3)8-15-11(16)6-10-5-4-9(13)7-14-10;/h4-5,7H,6,8,13H2,1-3H3,(H,15,16);1H. The zero-order chi connectivity index (χ0) is 12.9. The highest BCUT2D eigenvalue weighted by molar-refractivity contribution is 7.99. The average molecular weight is 290 g/mol. The molecule has 4 nitrogen and oxygen atoms in total. The molecule has 0 aliphatic heterocycles. The minimum atomic E-state index is -0.00982. The number of thioether (sulfide) groups is 1. The van der Waals surface area contributed by atoms with Crippen LogP contribution in [0.3, 0.4) is 0 Å². The molecule has 1 heterocycles. The van der Waals surface area contributed by atoms with Crippen molar-refractivity contribution < 1.29 is 4.79 Å². The number of aromatic nitrogens is 1. The number of carbonyl (C=O) groups is 1. The third-order valence-electron chi connectivity index (χ3n) is 2.45. The molecule has 0 saturated carbocycles. The van der Waals surface area contributed by atoms with E-state index in [1.165, 1.54) is 0 Å². The van der Waals surface area contributed by atoms with E-state index in [4.69, 9.17) is 5.73 Å². The number of rotatable bonds is 5. The van der Waals surface area contributed by atoms with Crippen LogP contribution in [0.25, 0.3) is 0 Å². The second-order valence-corrected chi connectivity index (χ2v) is 6.01. The summed E-state index contributed by atoms with van der Waals surface area (Å²) in [5.41, 5.74) is 6.87. The lowest BCUT2D eigenvalue weighted by molar-refractivity contribution is -0.120. The van der Waals surface area contributed by atoms with Crippen molar-refractivity contribution in [2.75, 3.05) is 18.5 Å². The molecule has 0 atom stereocenters. The summed E-state index contributed by atoms with van der Waals surface area (Å²) in [7, 11) is 0. The van der Waals surface area contributed by atoms with Crippen molar-refractivity contribution >= 4 is 35.8 Å². The molecule has 1 aromatic rings. The molecule has 0 radical (unpaired) electrons. The van der Waals surface area contributed by atoms with E-state index in [9.17, 15) is 4.79 Å². The average Bonchev–Trinajstić information content (AvgIpc) is 2.30. The lowest BCUT2D eigenvalue weighted by Crippen LogP contribution is -2.36. The van der Waals surface area contributed by atoms with Gasteiger partial charge < -0.3 is 11.1 Å². The molecule has 102 valence electrons. The second kappa shape index (κ2) is 7.48. The van der Waals surface area contributed by atoms with Gasteiger partial charge in [-0.1, -0.05) is 0 Å². The number of halogens is 1. The molecule has 0 saturated heterocycles. The van der Waals surface area contributed by atoms with Crippen LogP contribution in [-0.4, -0.2) is 28.4 Å². The number of nitrogen functional groups attached to an aromatic ring is 1. The maximum absolute atomic E-state index is 11.7. The van der Waals surface area contributed by atoms with Crippen LogP contribution in [0.5, 0.6) is 0 Å². The van der Waals surface area contributed by atoms with Gasteiger partial charge in [-0.2, -0.15) is 11.8 Å². The number of amides is 1. The van der Waals surface area contributed by atoms with Gasteiger partial charge in [-0.15, -0.1) is 12.4 Å². The minimum Gasteiger partial charge on any atom is -0.397 e. The molecule has 3 N–H and O–H groups in total. The Hall–Kier alpha value is -0.940. The number of nitrogens with two attached hydrogens (primary N) is 1. The highest BCUT2D eigenvalue weighted by Crippen LogP contribution is 2.19. The van der Waals surface area contributed by atoms with E-state index in [0.29, 0.717) is 18.7 Å². The first kappa shape index (κ1) is 17.1. The number of pyridine rings is 1. The van der Waals surface area contributed by atoms with Gasteiger partial charge in [-0.3, -0.25) is 9.78 Å². The molecule has 1 rings (SSSR count). The van der Waals surface area contributed by atoms with Crippen molar-refractivity contribution in [1.82, 2.24) is 10.3 Å². The van der Waals surface area contributed by atoms with E-state index < -0.39 is 0 Å². The van der Waals surface area contributed by atoms with Crippen molar-refractivity contribution in [3.63, 3.8) is 0 Å². The van der Waals surface area contributed by atoms with Crippen LogP contribution in [0.2, 0.25) is 0 Å². The van der Waals surface area contributed by atoms with Gasteiger partial charge >= 0.3 is 0 Å². The summed E-state index contributed by atoms with van der Waals surface area (Å²) in [4.78, 5) is 15.8.